The maximum absolute atomic E-state index is 12.4. The van der Waals surface area contributed by atoms with E-state index in [1.807, 2.05) is 0 Å². The summed E-state index contributed by atoms with van der Waals surface area (Å²) in [4.78, 5) is 12.4. The molecule has 0 unspecified atom stereocenters. The van der Waals surface area contributed by atoms with E-state index in [0.717, 1.165) is 0 Å². The van der Waals surface area contributed by atoms with Crippen LogP contribution in [-0.2, 0) is 19.0 Å². The van der Waals surface area contributed by atoms with Gasteiger partial charge in [0.25, 0.3) is 0 Å². The van der Waals surface area contributed by atoms with Gasteiger partial charge in [0.15, 0.2) is 23.6 Å². The van der Waals surface area contributed by atoms with Gasteiger partial charge in [-0.3, -0.25) is 0 Å². The first-order chi connectivity index (χ1) is 16.2. The number of carboxylic acid groups (broad SMARTS) is 1. The predicted octanol–water partition coefficient (Wildman–Crippen LogP) is 2.25. The average Bonchev–Trinajstić information content (AvgIpc) is 3.28. The molecule has 0 amide bonds. The molecule has 3 N–H and O–H groups in total. The Morgan fingerprint density at radius 1 is 1.06 bits per heavy atom. The van der Waals surface area contributed by atoms with Gasteiger partial charge in [-0.15, -0.1) is 0 Å². The number of rotatable bonds is 9. The molecule has 10 heteroatoms. The Labute approximate surface area is 197 Å². The Hall–Kier alpha value is -3.05. The molecule has 0 saturated carbocycles. The van der Waals surface area contributed by atoms with Crippen molar-refractivity contribution < 1.29 is 43.4 Å². The van der Waals surface area contributed by atoms with Crippen LogP contribution >= 0.6 is 0 Å². The molecule has 2 aromatic carbocycles. The van der Waals surface area contributed by atoms with Crippen LogP contribution in [0.3, 0.4) is 0 Å². The number of anilines is 1. The molecule has 10 nitrogen and oxygen atoms in total. The summed E-state index contributed by atoms with van der Waals surface area (Å²) < 4.78 is 34.0. The van der Waals surface area contributed by atoms with Gasteiger partial charge in [0, 0.05) is 11.8 Å². The Balaban J connectivity index is 1.67. The molecular weight excluding hydrogens is 446 g/mol. The van der Waals surface area contributed by atoms with Gasteiger partial charge >= 0.3 is 5.97 Å². The molecule has 0 spiro atoms. The number of hydrogen-bond acceptors (Lipinski definition) is 9. The van der Waals surface area contributed by atoms with Gasteiger partial charge in [-0.2, -0.15) is 0 Å². The van der Waals surface area contributed by atoms with Gasteiger partial charge in [0.1, 0.15) is 30.1 Å². The van der Waals surface area contributed by atoms with E-state index in [2.05, 4.69) is 5.32 Å². The van der Waals surface area contributed by atoms with Crippen LogP contribution in [0.1, 0.15) is 13.8 Å². The molecule has 0 bridgehead atoms. The Morgan fingerprint density at radius 3 is 2.38 bits per heavy atom. The Bertz CT molecular complexity index is 999. The first-order valence-corrected chi connectivity index (χ1v) is 10.8. The van der Waals surface area contributed by atoms with Crippen molar-refractivity contribution in [3.8, 4) is 17.2 Å². The Kier molecular flexibility index (Phi) is 6.85. The molecule has 34 heavy (non-hydrogen) atoms. The van der Waals surface area contributed by atoms with Crippen LogP contribution in [-0.4, -0.2) is 72.9 Å². The summed E-state index contributed by atoms with van der Waals surface area (Å²) in [5.74, 6) is -0.858. The van der Waals surface area contributed by atoms with Crippen molar-refractivity contribution >= 4 is 11.7 Å². The quantitative estimate of drug-likeness (QED) is 0.497. The van der Waals surface area contributed by atoms with Crippen LogP contribution in [0.5, 0.6) is 17.2 Å². The lowest BCUT2D eigenvalue weighted by Crippen LogP contribution is -2.54. The third kappa shape index (κ3) is 4.90. The highest BCUT2D eigenvalue weighted by Gasteiger charge is 2.58. The molecule has 2 fully saturated rings. The average molecular weight is 475 g/mol. The lowest BCUT2D eigenvalue weighted by molar-refractivity contribution is -0.218. The third-order valence-corrected chi connectivity index (χ3v) is 5.70. The summed E-state index contributed by atoms with van der Waals surface area (Å²) in [6.45, 7) is 3.43. The molecular formula is C24H29NO9. The van der Waals surface area contributed by atoms with E-state index >= 15 is 0 Å². The van der Waals surface area contributed by atoms with Gasteiger partial charge in [-0.05, 0) is 38.1 Å². The molecule has 0 aromatic heterocycles. The minimum absolute atomic E-state index is 0.357. The number of carbonyl (C=O) groups is 1. The lowest BCUT2D eigenvalue weighted by atomic mass is 9.98. The number of benzene rings is 2. The minimum atomic E-state index is -1.43. The number of para-hydroxylation sites is 1. The first-order valence-electron chi connectivity index (χ1n) is 10.8. The third-order valence-electron chi connectivity index (χ3n) is 5.70. The van der Waals surface area contributed by atoms with Crippen molar-refractivity contribution in [2.24, 2.45) is 0 Å². The van der Waals surface area contributed by atoms with E-state index in [1.54, 1.807) is 62.4 Å². The number of fused-ring (bicyclic) bond motifs is 1. The zero-order chi connectivity index (χ0) is 24.5. The molecule has 2 aromatic rings. The second-order valence-electron chi connectivity index (χ2n) is 8.49. The summed E-state index contributed by atoms with van der Waals surface area (Å²) in [5.41, 5.74) is 0.514. The normalized spacial score (nSPS) is 26.9. The van der Waals surface area contributed by atoms with E-state index < -0.39 is 48.5 Å². The zero-order valence-corrected chi connectivity index (χ0v) is 19.3. The minimum Gasteiger partial charge on any atom is -0.493 e. The van der Waals surface area contributed by atoms with E-state index in [1.165, 1.54) is 14.2 Å². The molecule has 2 aliphatic rings. The van der Waals surface area contributed by atoms with E-state index in [0.29, 0.717) is 22.9 Å². The van der Waals surface area contributed by atoms with Gasteiger partial charge in [-0.1, -0.05) is 18.2 Å². The summed E-state index contributed by atoms with van der Waals surface area (Å²) in [7, 11) is 3.02. The van der Waals surface area contributed by atoms with Crippen molar-refractivity contribution in [2.45, 2.75) is 56.4 Å². The lowest BCUT2D eigenvalue weighted by Gasteiger charge is -2.33. The molecule has 0 aliphatic carbocycles. The SMILES string of the molecule is COc1ccc(N[C@H]([C@H]2O[C@@H]3OC(C)(C)O[C@@H]3[C@H]2O)[C@H](Oc2ccccc2)C(=O)O)cc1OC. The van der Waals surface area contributed by atoms with Crippen molar-refractivity contribution in [3.05, 3.63) is 48.5 Å². The zero-order valence-electron chi connectivity index (χ0n) is 19.3. The van der Waals surface area contributed by atoms with Gasteiger partial charge in [-0.25, -0.2) is 4.79 Å². The van der Waals surface area contributed by atoms with Gasteiger partial charge in [0.2, 0.25) is 6.10 Å². The molecule has 4 rings (SSSR count). The monoisotopic (exact) mass is 475 g/mol. The maximum Gasteiger partial charge on any atom is 0.347 e. The van der Waals surface area contributed by atoms with E-state index in [-0.39, 0.29) is 0 Å². The fraction of sp³-hybridized carbons (Fsp3) is 0.458. The van der Waals surface area contributed by atoms with Crippen molar-refractivity contribution in [3.63, 3.8) is 0 Å². The molecule has 2 heterocycles. The highest BCUT2D eigenvalue weighted by Crippen LogP contribution is 2.40. The smallest absolute Gasteiger partial charge is 0.347 e. The molecule has 6 atom stereocenters. The molecule has 2 saturated heterocycles. The summed E-state index contributed by atoms with van der Waals surface area (Å²) >= 11 is 0. The highest BCUT2D eigenvalue weighted by atomic mass is 16.8. The van der Waals surface area contributed by atoms with Crippen molar-refractivity contribution in [2.75, 3.05) is 19.5 Å². The predicted molar refractivity (Wildman–Crippen MR) is 120 cm³/mol. The molecule has 2 aliphatic heterocycles. The number of nitrogens with one attached hydrogen (secondary N) is 1. The van der Waals surface area contributed by atoms with Gasteiger partial charge < -0.3 is 44.0 Å². The number of aliphatic hydroxyl groups is 1. The van der Waals surface area contributed by atoms with Crippen LogP contribution in [0.25, 0.3) is 0 Å². The van der Waals surface area contributed by atoms with E-state index in [9.17, 15) is 15.0 Å². The van der Waals surface area contributed by atoms with Crippen LogP contribution in [0.4, 0.5) is 5.69 Å². The number of aliphatic carboxylic acids is 1. The van der Waals surface area contributed by atoms with Crippen LogP contribution in [0.15, 0.2) is 48.5 Å². The Morgan fingerprint density at radius 2 is 1.76 bits per heavy atom. The molecule has 0 radical (unpaired) electrons. The second-order valence-corrected chi connectivity index (χ2v) is 8.49. The summed E-state index contributed by atoms with van der Waals surface area (Å²) in [6.07, 6.45) is -5.26. The fourth-order valence-electron chi connectivity index (χ4n) is 4.18. The second kappa shape index (κ2) is 9.67. The summed E-state index contributed by atoms with van der Waals surface area (Å²) in [5, 5.41) is 24.3. The number of ether oxygens (including phenoxy) is 6. The molecule has 184 valence electrons. The number of hydrogen-bond donors (Lipinski definition) is 3. The van der Waals surface area contributed by atoms with Crippen molar-refractivity contribution in [1.29, 1.82) is 0 Å². The fourth-order valence-corrected chi connectivity index (χ4v) is 4.18. The topological polar surface area (TPSA) is 125 Å². The van der Waals surface area contributed by atoms with Crippen LogP contribution in [0, 0.1) is 0 Å². The van der Waals surface area contributed by atoms with Crippen LogP contribution < -0.4 is 19.5 Å². The first kappa shape index (κ1) is 24.1. The highest BCUT2D eigenvalue weighted by molar-refractivity contribution is 5.75. The van der Waals surface area contributed by atoms with E-state index in [4.69, 9.17) is 28.4 Å². The summed E-state index contributed by atoms with van der Waals surface area (Å²) in [6, 6.07) is 12.6. The largest absolute Gasteiger partial charge is 0.493 e. The number of methoxy groups -OCH3 is 2. The standard InChI is InChI=1S/C24H29NO9/c1-24(2)33-21-18(26)19(32-23(21)34-24)17(20(22(27)28)31-14-8-6-5-7-9-14)25-13-10-11-15(29-3)16(12-13)30-4/h5-12,17-21,23,25-26H,1-4H3,(H,27,28)/t17-,18+,19-,20+,21-,23-/m1/s1. The van der Waals surface area contributed by atoms with Crippen molar-refractivity contribution in [1.82, 2.24) is 0 Å². The number of aliphatic hydroxyl groups excluding tert-OH is 1. The maximum atomic E-state index is 12.4. The van der Waals surface area contributed by atoms with Crippen LogP contribution in [0.2, 0.25) is 0 Å². The number of carboxylic acids is 1. The van der Waals surface area contributed by atoms with Gasteiger partial charge in [0.05, 0.1) is 14.2 Å².